The molecule has 0 unspecified atom stereocenters. The van der Waals surface area contributed by atoms with Gasteiger partial charge in [-0.1, -0.05) is 0 Å². The molecule has 1 fully saturated rings. The summed E-state index contributed by atoms with van der Waals surface area (Å²) in [5, 5.41) is 1.93. The Kier molecular flexibility index (Phi) is 3.02. The van der Waals surface area contributed by atoms with Crippen molar-refractivity contribution >= 4 is 22.2 Å². The van der Waals surface area contributed by atoms with Crippen molar-refractivity contribution in [2.24, 2.45) is 0 Å². The lowest BCUT2D eigenvalue weighted by molar-refractivity contribution is -0.0543. The number of likely N-dealkylation sites (N-methyl/N-ethyl adjacent to an activating group) is 1. The molecule has 1 aliphatic rings. The van der Waals surface area contributed by atoms with Crippen molar-refractivity contribution in [2.45, 2.75) is 6.29 Å². The molecule has 0 saturated carbocycles. The SMILES string of the molecule is CN(CC1OCCO1)C(=O)c1cn2ccsc2n1. The fourth-order valence-corrected chi connectivity index (χ4v) is 2.55. The van der Waals surface area contributed by atoms with E-state index in [4.69, 9.17) is 9.47 Å². The van der Waals surface area contributed by atoms with Crippen LogP contribution in [0.5, 0.6) is 0 Å². The maximum Gasteiger partial charge on any atom is 0.274 e. The standard InChI is InChI=1S/C11H13N3O3S/c1-13(7-9-16-3-4-17-9)10(15)8-6-14-2-5-18-11(14)12-8/h2,5-6,9H,3-4,7H2,1H3. The van der Waals surface area contributed by atoms with Gasteiger partial charge >= 0.3 is 0 Å². The van der Waals surface area contributed by atoms with Gasteiger partial charge in [0.15, 0.2) is 11.3 Å². The second-order valence-electron chi connectivity index (χ2n) is 4.08. The number of fused-ring (bicyclic) bond motifs is 1. The first kappa shape index (κ1) is 11.6. The molecule has 3 rings (SSSR count). The maximum atomic E-state index is 12.1. The van der Waals surface area contributed by atoms with Crippen molar-refractivity contribution in [3.05, 3.63) is 23.5 Å². The van der Waals surface area contributed by atoms with E-state index in [1.165, 1.54) is 11.3 Å². The van der Waals surface area contributed by atoms with Crippen LogP contribution in [0, 0.1) is 0 Å². The fourth-order valence-electron chi connectivity index (χ4n) is 1.85. The van der Waals surface area contributed by atoms with Crippen LogP contribution < -0.4 is 0 Å². The average molecular weight is 267 g/mol. The van der Waals surface area contributed by atoms with E-state index in [0.29, 0.717) is 25.5 Å². The summed E-state index contributed by atoms with van der Waals surface area (Å²) in [4.78, 5) is 18.8. The Bertz CT molecular complexity index is 530. The third-order valence-electron chi connectivity index (χ3n) is 2.77. The van der Waals surface area contributed by atoms with Crippen LogP contribution in [0.1, 0.15) is 10.5 Å². The van der Waals surface area contributed by atoms with Gasteiger partial charge in [0.1, 0.15) is 5.69 Å². The molecule has 1 amide bonds. The minimum absolute atomic E-state index is 0.120. The van der Waals surface area contributed by atoms with Gasteiger partial charge in [-0.25, -0.2) is 4.98 Å². The molecule has 1 aliphatic heterocycles. The molecule has 0 aliphatic carbocycles. The lowest BCUT2D eigenvalue weighted by Crippen LogP contribution is -2.34. The molecule has 96 valence electrons. The van der Waals surface area contributed by atoms with Crippen LogP contribution >= 0.6 is 11.3 Å². The highest BCUT2D eigenvalue weighted by Crippen LogP contribution is 2.13. The van der Waals surface area contributed by atoms with Gasteiger partial charge in [-0.2, -0.15) is 0 Å². The van der Waals surface area contributed by atoms with Gasteiger partial charge in [-0.05, 0) is 0 Å². The fraction of sp³-hybridized carbons (Fsp3) is 0.455. The number of carbonyl (C=O) groups excluding carboxylic acids is 1. The van der Waals surface area contributed by atoms with Gasteiger partial charge in [-0.3, -0.25) is 9.20 Å². The number of hydrogen-bond donors (Lipinski definition) is 0. The highest BCUT2D eigenvalue weighted by atomic mass is 32.1. The number of imidazole rings is 1. The first-order valence-electron chi connectivity index (χ1n) is 5.65. The van der Waals surface area contributed by atoms with E-state index in [-0.39, 0.29) is 12.2 Å². The van der Waals surface area contributed by atoms with Gasteiger partial charge in [0.2, 0.25) is 0 Å². The first-order chi connectivity index (χ1) is 8.74. The van der Waals surface area contributed by atoms with Crippen molar-refractivity contribution in [3.8, 4) is 0 Å². The van der Waals surface area contributed by atoms with Crippen molar-refractivity contribution in [1.29, 1.82) is 0 Å². The summed E-state index contributed by atoms with van der Waals surface area (Å²) in [5.74, 6) is -0.120. The number of hydrogen-bond acceptors (Lipinski definition) is 5. The Morgan fingerprint density at radius 2 is 2.39 bits per heavy atom. The lowest BCUT2D eigenvalue weighted by atomic mass is 10.4. The summed E-state index contributed by atoms with van der Waals surface area (Å²) in [7, 11) is 1.72. The molecule has 0 radical (unpaired) electrons. The quantitative estimate of drug-likeness (QED) is 0.827. The minimum Gasteiger partial charge on any atom is -0.348 e. The van der Waals surface area contributed by atoms with E-state index in [1.54, 1.807) is 18.1 Å². The largest absolute Gasteiger partial charge is 0.348 e. The zero-order chi connectivity index (χ0) is 12.5. The van der Waals surface area contributed by atoms with Crippen LogP contribution in [0.3, 0.4) is 0 Å². The zero-order valence-corrected chi connectivity index (χ0v) is 10.7. The number of rotatable bonds is 3. The molecule has 0 N–H and O–H groups in total. The molecule has 7 heteroatoms. The minimum atomic E-state index is -0.317. The zero-order valence-electron chi connectivity index (χ0n) is 9.91. The molecule has 0 atom stereocenters. The van der Waals surface area contributed by atoms with E-state index in [0.717, 1.165) is 4.96 Å². The van der Waals surface area contributed by atoms with Crippen molar-refractivity contribution in [2.75, 3.05) is 26.8 Å². The molecule has 2 aromatic heterocycles. The van der Waals surface area contributed by atoms with Gasteiger partial charge in [0.25, 0.3) is 5.91 Å². The molecule has 3 heterocycles. The molecular formula is C11H13N3O3S. The summed E-state index contributed by atoms with van der Waals surface area (Å²) in [6.45, 7) is 1.60. The summed E-state index contributed by atoms with van der Waals surface area (Å²) in [6.07, 6.45) is 3.30. The second-order valence-corrected chi connectivity index (χ2v) is 4.95. The number of aromatic nitrogens is 2. The summed E-state index contributed by atoms with van der Waals surface area (Å²) in [5.41, 5.74) is 0.447. The number of ether oxygens (including phenoxy) is 2. The van der Waals surface area contributed by atoms with Gasteiger partial charge < -0.3 is 14.4 Å². The molecule has 18 heavy (non-hydrogen) atoms. The smallest absolute Gasteiger partial charge is 0.274 e. The van der Waals surface area contributed by atoms with Crippen LogP contribution in [0.25, 0.3) is 4.96 Å². The summed E-state index contributed by atoms with van der Waals surface area (Å²) in [6, 6.07) is 0. The van der Waals surface area contributed by atoms with Crippen LogP contribution in [0.15, 0.2) is 17.8 Å². The number of carbonyl (C=O) groups is 1. The third-order valence-corrected chi connectivity index (χ3v) is 3.54. The molecule has 0 bridgehead atoms. The predicted octanol–water partition coefficient (Wildman–Crippen LogP) is 0.841. The van der Waals surface area contributed by atoms with Gasteiger partial charge in [-0.15, -0.1) is 11.3 Å². The van der Waals surface area contributed by atoms with E-state index in [9.17, 15) is 4.79 Å². The number of amides is 1. The normalized spacial score (nSPS) is 16.5. The van der Waals surface area contributed by atoms with E-state index >= 15 is 0 Å². The van der Waals surface area contributed by atoms with Gasteiger partial charge in [0.05, 0.1) is 19.8 Å². The van der Waals surface area contributed by atoms with Crippen molar-refractivity contribution < 1.29 is 14.3 Å². The number of nitrogens with zero attached hydrogens (tertiary/aromatic N) is 3. The van der Waals surface area contributed by atoms with Crippen molar-refractivity contribution in [1.82, 2.24) is 14.3 Å². The Morgan fingerprint density at radius 1 is 1.61 bits per heavy atom. The van der Waals surface area contributed by atoms with Crippen LogP contribution in [0.4, 0.5) is 0 Å². The van der Waals surface area contributed by atoms with Crippen molar-refractivity contribution in [3.63, 3.8) is 0 Å². The van der Waals surface area contributed by atoms with E-state index in [1.807, 2.05) is 16.0 Å². The Hall–Kier alpha value is -1.44. The molecule has 0 spiro atoms. The molecule has 1 saturated heterocycles. The van der Waals surface area contributed by atoms with Gasteiger partial charge in [0, 0.05) is 24.8 Å². The van der Waals surface area contributed by atoms with Crippen LogP contribution in [0.2, 0.25) is 0 Å². The summed E-state index contributed by atoms with van der Waals surface area (Å²) < 4.78 is 12.5. The highest BCUT2D eigenvalue weighted by Gasteiger charge is 2.22. The highest BCUT2D eigenvalue weighted by molar-refractivity contribution is 7.15. The lowest BCUT2D eigenvalue weighted by Gasteiger charge is -2.19. The monoisotopic (exact) mass is 267 g/mol. The average Bonchev–Trinajstić information content (AvgIpc) is 3.02. The first-order valence-corrected chi connectivity index (χ1v) is 6.53. The van der Waals surface area contributed by atoms with E-state index in [2.05, 4.69) is 4.98 Å². The second kappa shape index (κ2) is 4.68. The maximum absolute atomic E-state index is 12.1. The Balaban J connectivity index is 1.71. The number of thiazole rings is 1. The molecule has 0 aromatic carbocycles. The van der Waals surface area contributed by atoms with Crippen LogP contribution in [-0.2, 0) is 9.47 Å². The predicted molar refractivity (Wildman–Crippen MR) is 65.7 cm³/mol. The third kappa shape index (κ3) is 2.12. The van der Waals surface area contributed by atoms with Crippen LogP contribution in [-0.4, -0.2) is 53.3 Å². The Morgan fingerprint density at radius 3 is 3.11 bits per heavy atom. The molecule has 6 nitrogen and oxygen atoms in total. The topological polar surface area (TPSA) is 56.1 Å². The summed E-state index contributed by atoms with van der Waals surface area (Å²) >= 11 is 1.50. The molecule has 2 aromatic rings. The van der Waals surface area contributed by atoms with E-state index < -0.39 is 0 Å². The molecular weight excluding hydrogens is 254 g/mol. The Labute approximate surface area is 108 Å².